The highest BCUT2D eigenvalue weighted by atomic mass is 35.5. The van der Waals surface area contributed by atoms with Gasteiger partial charge < -0.3 is 14.4 Å². The quantitative estimate of drug-likeness (QED) is 0.340. The van der Waals surface area contributed by atoms with Crippen LogP contribution in [-0.2, 0) is 14.8 Å². The van der Waals surface area contributed by atoms with Gasteiger partial charge in [-0.25, -0.2) is 13.4 Å². The summed E-state index contributed by atoms with van der Waals surface area (Å²) < 4.78 is 38.9. The van der Waals surface area contributed by atoms with Crippen LogP contribution in [-0.4, -0.2) is 88.1 Å². The molecule has 0 atom stereocenters. The Morgan fingerprint density at radius 2 is 1.76 bits per heavy atom. The molecule has 0 saturated carbocycles. The van der Waals surface area contributed by atoms with Gasteiger partial charge in [-0.05, 0) is 49.5 Å². The molecule has 2 heterocycles. The van der Waals surface area contributed by atoms with Crippen molar-refractivity contribution in [2.24, 2.45) is 0 Å². The van der Waals surface area contributed by atoms with Crippen molar-refractivity contribution in [3.8, 4) is 5.75 Å². The first-order valence-electron chi connectivity index (χ1n) is 12.1. The molecular formula is C25H32Cl2N4O5S2. The number of halogens is 2. The second-order valence-corrected chi connectivity index (χ2v) is 11.8. The smallest absolute Gasteiger partial charge is 0.260 e. The molecule has 4 rings (SSSR count). The van der Waals surface area contributed by atoms with Gasteiger partial charge >= 0.3 is 0 Å². The highest BCUT2D eigenvalue weighted by molar-refractivity contribution is 7.89. The van der Waals surface area contributed by atoms with Gasteiger partial charge in [0.15, 0.2) is 5.13 Å². The van der Waals surface area contributed by atoms with Gasteiger partial charge in [0.2, 0.25) is 10.0 Å². The number of morpholine rings is 1. The molecule has 0 spiro atoms. The molecule has 13 heteroatoms. The van der Waals surface area contributed by atoms with Crippen LogP contribution >= 0.6 is 35.3 Å². The summed E-state index contributed by atoms with van der Waals surface area (Å²) >= 11 is 7.76. The van der Waals surface area contributed by atoms with E-state index in [1.165, 1.54) is 27.8 Å². The van der Waals surface area contributed by atoms with Crippen molar-refractivity contribution < 1.29 is 22.7 Å². The summed E-state index contributed by atoms with van der Waals surface area (Å²) in [7, 11) is -2.09. The number of rotatable bonds is 10. The standard InChI is InChI=1S/C25H31ClN4O5S2.ClH/c1-4-28(5-2)12-13-30(25-27-22-21(34-3)11-10-20(26)23(22)36-25)24(31)18-6-8-19(9-7-18)37(32,33)29-14-16-35-17-15-29;/h6-11H,4-5,12-17H2,1-3H3;1H. The van der Waals surface area contributed by atoms with Gasteiger partial charge in [-0.15, -0.1) is 12.4 Å². The number of fused-ring (bicyclic) bond motifs is 1. The molecule has 2 aromatic carbocycles. The molecule has 3 aromatic rings. The van der Waals surface area contributed by atoms with Gasteiger partial charge in [0.1, 0.15) is 11.3 Å². The number of hydrogen-bond donors (Lipinski definition) is 0. The Hall–Kier alpha value is -1.99. The minimum Gasteiger partial charge on any atom is -0.494 e. The third-order valence-corrected chi connectivity index (χ3v) is 9.84. The van der Waals surface area contributed by atoms with Crippen molar-refractivity contribution >= 4 is 66.6 Å². The number of likely N-dealkylation sites (N-methyl/N-ethyl adjacent to an activating group) is 1. The Morgan fingerprint density at radius 3 is 2.37 bits per heavy atom. The number of thiazole rings is 1. The Bertz CT molecular complexity index is 1340. The molecule has 0 bridgehead atoms. The van der Waals surface area contributed by atoms with Gasteiger partial charge in [0.05, 0.1) is 34.9 Å². The van der Waals surface area contributed by atoms with E-state index in [4.69, 9.17) is 26.1 Å². The van der Waals surface area contributed by atoms with E-state index in [0.29, 0.717) is 66.4 Å². The van der Waals surface area contributed by atoms with E-state index in [1.54, 1.807) is 36.3 Å². The molecule has 1 fully saturated rings. The van der Waals surface area contributed by atoms with Gasteiger partial charge in [0, 0.05) is 31.7 Å². The van der Waals surface area contributed by atoms with Gasteiger partial charge in [-0.1, -0.05) is 36.8 Å². The molecule has 0 unspecified atom stereocenters. The lowest BCUT2D eigenvalue weighted by molar-refractivity contribution is 0.0730. The van der Waals surface area contributed by atoms with E-state index < -0.39 is 10.0 Å². The van der Waals surface area contributed by atoms with Crippen molar-refractivity contribution in [1.82, 2.24) is 14.2 Å². The lowest BCUT2D eigenvalue weighted by atomic mass is 10.2. The Balaban J connectivity index is 0.00000400. The SMILES string of the molecule is CCN(CC)CCN(C(=O)c1ccc(S(=O)(=O)N2CCOCC2)cc1)c1nc2c(OC)ccc(Cl)c2s1.Cl. The second kappa shape index (κ2) is 13.4. The predicted molar refractivity (Wildman–Crippen MR) is 154 cm³/mol. The second-order valence-electron chi connectivity index (χ2n) is 8.45. The van der Waals surface area contributed by atoms with E-state index in [9.17, 15) is 13.2 Å². The van der Waals surface area contributed by atoms with Crippen molar-refractivity contribution in [3.63, 3.8) is 0 Å². The zero-order valence-corrected chi connectivity index (χ0v) is 24.8. The highest BCUT2D eigenvalue weighted by Crippen LogP contribution is 2.39. The van der Waals surface area contributed by atoms with Crippen LogP contribution in [0.5, 0.6) is 5.75 Å². The molecule has 1 saturated heterocycles. The van der Waals surface area contributed by atoms with Gasteiger partial charge in [-0.2, -0.15) is 4.31 Å². The maximum absolute atomic E-state index is 13.7. The first-order valence-corrected chi connectivity index (χ1v) is 14.8. The van der Waals surface area contributed by atoms with Crippen LogP contribution in [0.25, 0.3) is 10.2 Å². The fourth-order valence-corrected chi connectivity index (χ4v) is 6.84. The molecular weight excluding hydrogens is 571 g/mol. The number of nitrogens with zero attached hydrogens (tertiary/aromatic N) is 4. The van der Waals surface area contributed by atoms with Crippen LogP contribution in [0.4, 0.5) is 5.13 Å². The Labute approximate surface area is 238 Å². The summed E-state index contributed by atoms with van der Waals surface area (Å²) in [5.74, 6) is 0.312. The first kappa shape index (κ1) is 30.6. The average Bonchev–Trinajstić information content (AvgIpc) is 3.38. The predicted octanol–water partition coefficient (Wildman–Crippen LogP) is 4.39. The Kier molecular flexibility index (Phi) is 10.8. The third kappa shape index (κ3) is 6.41. The van der Waals surface area contributed by atoms with E-state index >= 15 is 0 Å². The molecule has 1 aromatic heterocycles. The van der Waals surface area contributed by atoms with E-state index in [2.05, 4.69) is 18.7 Å². The number of anilines is 1. The summed E-state index contributed by atoms with van der Waals surface area (Å²) in [6.45, 7) is 8.28. The molecule has 208 valence electrons. The van der Waals surface area contributed by atoms with Crippen molar-refractivity contribution in [3.05, 3.63) is 47.0 Å². The van der Waals surface area contributed by atoms with Crippen LogP contribution < -0.4 is 9.64 Å². The van der Waals surface area contributed by atoms with Gasteiger partial charge in [0.25, 0.3) is 5.91 Å². The summed E-state index contributed by atoms with van der Waals surface area (Å²) in [5.41, 5.74) is 0.973. The number of methoxy groups -OCH3 is 1. The lowest BCUT2D eigenvalue weighted by Gasteiger charge is -2.26. The molecule has 1 aliphatic rings. The summed E-state index contributed by atoms with van der Waals surface area (Å²) in [6, 6.07) is 9.59. The lowest BCUT2D eigenvalue weighted by Crippen LogP contribution is -2.40. The third-order valence-electron chi connectivity index (χ3n) is 6.39. The molecule has 9 nitrogen and oxygen atoms in total. The topological polar surface area (TPSA) is 92.3 Å². The molecule has 1 amide bonds. The van der Waals surface area contributed by atoms with Gasteiger partial charge in [-0.3, -0.25) is 9.69 Å². The molecule has 38 heavy (non-hydrogen) atoms. The van der Waals surface area contributed by atoms with E-state index in [-0.39, 0.29) is 23.2 Å². The average molecular weight is 604 g/mol. The van der Waals surface area contributed by atoms with E-state index in [0.717, 1.165) is 17.8 Å². The van der Waals surface area contributed by atoms with Crippen LogP contribution in [0.2, 0.25) is 5.02 Å². The number of hydrogen-bond acceptors (Lipinski definition) is 8. The maximum atomic E-state index is 13.7. The monoisotopic (exact) mass is 602 g/mol. The largest absolute Gasteiger partial charge is 0.494 e. The maximum Gasteiger partial charge on any atom is 0.260 e. The number of benzene rings is 2. The fourth-order valence-electron chi connectivity index (χ4n) is 4.15. The summed E-state index contributed by atoms with van der Waals surface area (Å²) in [5, 5.41) is 1.04. The van der Waals surface area contributed by atoms with E-state index in [1.807, 2.05) is 0 Å². The van der Waals surface area contributed by atoms with Crippen LogP contribution in [0, 0.1) is 0 Å². The van der Waals surface area contributed by atoms with Crippen LogP contribution in [0.1, 0.15) is 24.2 Å². The fraction of sp³-hybridized carbons (Fsp3) is 0.440. The van der Waals surface area contributed by atoms with Crippen LogP contribution in [0.3, 0.4) is 0 Å². The number of carbonyl (C=O) groups is 1. The zero-order chi connectivity index (χ0) is 26.6. The summed E-state index contributed by atoms with van der Waals surface area (Å²) in [6.07, 6.45) is 0. The normalized spacial score (nSPS) is 14.4. The highest BCUT2D eigenvalue weighted by Gasteiger charge is 2.28. The molecule has 0 radical (unpaired) electrons. The zero-order valence-electron chi connectivity index (χ0n) is 21.6. The molecule has 1 aliphatic heterocycles. The van der Waals surface area contributed by atoms with Crippen molar-refractivity contribution in [2.75, 3.05) is 64.5 Å². The molecule has 0 N–H and O–H groups in total. The van der Waals surface area contributed by atoms with Crippen molar-refractivity contribution in [2.45, 2.75) is 18.7 Å². The summed E-state index contributed by atoms with van der Waals surface area (Å²) in [4.78, 5) is 22.5. The number of sulfonamides is 1. The minimum atomic E-state index is -3.65. The first-order chi connectivity index (χ1) is 17.8. The molecule has 0 aliphatic carbocycles. The Morgan fingerprint density at radius 1 is 1.11 bits per heavy atom. The number of ether oxygens (including phenoxy) is 2. The minimum absolute atomic E-state index is 0. The number of aromatic nitrogens is 1. The number of amides is 1. The number of carbonyl (C=O) groups excluding carboxylic acids is 1. The van der Waals surface area contributed by atoms with Crippen molar-refractivity contribution in [1.29, 1.82) is 0 Å². The van der Waals surface area contributed by atoms with Crippen LogP contribution in [0.15, 0.2) is 41.3 Å².